The lowest BCUT2D eigenvalue weighted by molar-refractivity contribution is -0.135. The van der Waals surface area contributed by atoms with Crippen LogP contribution >= 0.6 is 0 Å². The van der Waals surface area contributed by atoms with E-state index in [4.69, 9.17) is 4.74 Å². The van der Waals surface area contributed by atoms with Gasteiger partial charge in [-0.25, -0.2) is 13.2 Å². The van der Waals surface area contributed by atoms with Gasteiger partial charge in [0.15, 0.2) is 0 Å². The molecule has 3 amide bonds. The molecular weight excluding hydrogens is 448 g/mol. The predicted molar refractivity (Wildman–Crippen MR) is 124 cm³/mol. The van der Waals surface area contributed by atoms with E-state index in [-0.39, 0.29) is 43.2 Å². The number of alkyl carbamates (subject to hydrolysis) is 1. The molecule has 184 valence electrons. The summed E-state index contributed by atoms with van der Waals surface area (Å²) in [5.74, 6) is -0.669. The summed E-state index contributed by atoms with van der Waals surface area (Å²) in [6.45, 7) is 5.85. The molecule has 1 aliphatic rings. The third-order valence-corrected chi connectivity index (χ3v) is 6.06. The SMILES string of the molecule is CC(C)NC(=O)CN1CCN(C(=O)C(CCS(C)(=O)=O)NC(=O)OCc2ccccc2)CC1. The summed E-state index contributed by atoms with van der Waals surface area (Å²) in [5, 5.41) is 5.37. The molecule has 2 rings (SSSR count). The number of nitrogens with one attached hydrogen (secondary N) is 2. The second kappa shape index (κ2) is 12.5. The first-order chi connectivity index (χ1) is 15.5. The van der Waals surface area contributed by atoms with Gasteiger partial charge >= 0.3 is 6.09 Å². The molecule has 1 heterocycles. The van der Waals surface area contributed by atoms with Gasteiger partial charge in [0.2, 0.25) is 11.8 Å². The van der Waals surface area contributed by atoms with Gasteiger partial charge in [-0.3, -0.25) is 14.5 Å². The van der Waals surface area contributed by atoms with Crippen molar-refractivity contribution in [3.8, 4) is 0 Å². The molecule has 1 aromatic rings. The molecule has 0 spiro atoms. The summed E-state index contributed by atoms with van der Waals surface area (Å²) >= 11 is 0. The van der Waals surface area contributed by atoms with Crippen LogP contribution in [0.5, 0.6) is 0 Å². The average Bonchev–Trinajstić information content (AvgIpc) is 2.74. The van der Waals surface area contributed by atoms with Crippen LogP contribution < -0.4 is 10.6 Å². The molecule has 0 bridgehead atoms. The second-order valence-electron chi connectivity index (χ2n) is 8.50. The Bertz CT molecular complexity index is 899. The molecular formula is C22H34N4O6S. The van der Waals surface area contributed by atoms with Gasteiger partial charge in [-0.05, 0) is 25.8 Å². The van der Waals surface area contributed by atoms with Crippen molar-refractivity contribution in [1.82, 2.24) is 20.4 Å². The first-order valence-corrected chi connectivity index (χ1v) is 13.0. The Balaban J connectivity index is 1.92. The largest absolute Gasteiger partial charge is 0.445 e. The van der Waals surface area contributed by atoms with Gasteiger partial charge in [-0.1, -0.05) is 30.3 Å². The monoisotopic (exact) mass is 482 g/mol. The summed E-state index contributed by atoms with van der Waals surface area (Å²) in [7, 11) is -3.32. The molecule has 2 N–H and O–H groups in total. The zero-order valence-electron chi connectivity index (χ0n) is 19.5. The van der Waals surface area contributed by atoms with Crippen LogP contribution in [-0.2, 0) is 30.8 Å². The van der Waals surface area contributed by atoms with Crippen molar-refractivity contribution in [2.24, 2.45) is 0 Å². The fourth-order valence-electron chi connectivity index (χ4n) is 3.41. The van der Waals surface area contributed by atoms with Crippen molar-refractivity contribution in [2.45, 2.75) is 39.0 Å². The molecule has 10 nitrogen and oxygen atoms in total. The smallest absolute Gasteiger partial charge is 0.408 e. The van der Waals surface area contributed by atoms with Crippen LogP contribution in [0.3, 0.4) is 0 Å². The Labute approximate surface area is 195 Å². The summed E-state index contributed by atoms with van der Waals surface area (Å²) in [6, 6.07) is 8.14. The molecule has 0 radical (unpaired) electrons. The zero-order chi connectivity index (χ0) is 24.4. The maximum atomic E-state index is 13.1. The fraction of sp³-hybridized carbons (Fsp3) is 0.591. The Morgan fingerprint density at radius 2 is 1.67 bits per heavy atom. The molecule has 0 saturated carbocycles. The number of ether oxygens (including phenoxy) is 1. The van der Waals surface area contributed by atoms with Crippen LogP contribution in [0, 0.1) is 0 Å². The van der Waals surface area contributed by atoms with Gasteiger partial charge in [0.1, 0.15) is 22.5 Å². The highest BCUT2D eigenvalue weighted by Gasteiger charge is 2.30. The highest BCUT2D eigenvalue weighted by molar-refractivity contribution is 7.90. The summed E-state index contributed by atoms with van der Waals surface area (Å²) in [6.07, 6.45) is 0.257. The van der Waals surface area contributed by atoms with E-state index >= 15 is 0 Å². The minimum absolute atomic E-state index is 0.0385. The quantitative estimate of drug-likeness (QED) is 0.494. The van der Waals surface area contributed by atoms with E-state index < -0.39 is 22.0 Å². The minimum Gasteiger partial charge on any atom is -0.445 e. The van der Waals surface area contributed by atoms with Crippen molar-refractivity contribution in [1.29, 1.82) is 0 Å². The van der Waals surface area contributed by atoms with Crippen molar-refractivity contribution in [3.63, 3.8) is 0 Å². The van der Waals surface area contributed by atoms with Crippen LogP contribution in [0.15, 0.2) is 30.3 Å². The molecule has 1 fully saturated rings. The number of rotatable bonds is 10. The van der Waals surface area contributed by atoms with Crippen molar-refractivity contribution in [3.05, 3.63) is 35.9 Å². The Morgan fingerprint density at radius 3 is 2.24 bits per heavy atom. The molecule has 33 heavy (non-hydrogen) atoms. The number of nitrogens with zero attached hydrogens (tertiary/aromatic N) is 2. The van der Waals surface area contributed by atoms with E-state index in [0.29, 0.717) is 26.2 Å². The number of piperazine rings is 1. The Kier molecular flexibility index (Phi) is 10.1. The standard InChI is InChI=1S/C22H34N4O6S/c1-17(2)23-20(27)15-25-10-12-26(13-11-25)21(28)19(9-14-33(3,30)31)24-22(29)32-16-18-7-5-4-6-8-18/h4-8,17,19H,9-16H2,1-3H3,(H,23,27)(H,24,29). The molecule has 1 aromatic carbocycles. The number of carbonyl (C=O) groups excluding carboxylic acids is 3. The van der Waals surface area contributed by atoms with E-state index in [1.54, 1.807) is 17.0 Å². The fourth-order valence-corrected chi connectivity index (χ4v) is 4.08. The molecule has 11 heteroatoms. The first kappa shape index (κ1) is 26.6. The van der Waals surface area contributed by atoms with Crippen molar-refractivity contribution >= 4 is 27.7 Å². The van der Waals surface area contributed by atoms with Crippen LogP contribution in [0.2, 0.25) is 0 Å². The van der Waals surface area contributed by atoms with E-state index in [1.807, 2.05) is 36.9 Å². The number of hydrogen-bond donors (Lipinski definition) is 2. The number of amides is 3. The van der Waals surface area contributed by atoms with Crippen molar-refractivity contribution in [2.75, 3.05) is 44.7 Å². The average molecular weight is 483 g/mol. The third-order valence-electron chi connectivity index (χ3n) is 5.08. The van der Waals surface area contributed by atoms with Crippen molar-refractivity contribution < 1.29 is 27.5 Å². The lowest BCUT2D eigenvalue weighted by Gasteiger charge is -2.36. The number of sulfone groups is 1. The van der Waals surface area contributed by atoms with Gasteiger partial charge in [-0.15, -0.1) is 0 Å². The predicted octanol–water partition coefficient (Wildman–Crippen LogP) is 0.385. The number of carbonyl (C=O) groups is 3. The minimum atomic E-state index is -3.32. The maximum Gasteiger partial charge on any atom is 0.408 e. The molecule has 1 saturated heterocycles. The second-order valence-corrected chi connectivity index (χ2v) is 10.8. The van der Waals surface area contributed by atoms with E-state index in [2.05, 4.69) is 10.6 Å². The van der Waals surface area contributed by atoms with Crippen LogP contribution in [0.25, 0.3) is 0 Å². The molecule has 0 aliphatic carbocycles. The highest BCUT2D eigenvalue weighted by atomic mass is 32.2. The maximum absolute atomic E-state index is 13.1. The summed E-state index contributed by atoms with van der Waals surface area (Å²) in [4.78, 5) is 40.9. The van der Waals surface area contributed by atoms with Gasteiger partial charge in [-0.2, -0.15) is 0 Å². The van der Waals surface area contributed by atoms with Crippen LogP contribution in [-0.4, -0.2) is 92.9 Å². The lowest BCUT2D eigenvalue weighted by atomic mass is 10.1. The third kappa shape index (κ3) is 10.2. The summed E-state index contributed by atoms with van der Waals surface area (Å²) < 4.78 is 28.5. The number of benzene rings is 1. The number of hydrogen-bond acceptors (Lipinski definition) is 7. The molecule has 0 aromatic heterocycles. The normalized spacial score (nSPS) is 15.7. The van der Waals surface area contributed by atoms with E-state index in [9.17, 15) is 22.8 Å². The molecule has 1 unspecified atom stereocenters. The van der Waals surface area contributed by atoms with Gasteiger partial charge < -0.3 is 20.3 Å². The molecule has 1 atom stereocenters. The van der Waals surface area contributed by atoms with E-state index in [0.717, 1.165) is 11.8 Å². The highest BCUT2D eigenvalue weighted by Crippen LogP contribution is 2.09. The topological polar surface area (TPSA) is 125 Å². The lowest BCUT2D eigenvalue weighted by Crippen LogP contribution is -2.56. The first-order valence-electron chi connectivity index (χ1n) is 11.0. The molecule has 1 aliphatic heterocycles. The van der Waals surface area contributed by atoms with Gasteiger partial charge in [0.05, 0.1) is 12.3 Å². The van der Waals surface area contributed by atoms with E-state index in [1.165, 1.54) is 0 Å². The Morgan fingerprint density at radius 1 is 1.03 bits per heavy atom. The Hall–Kier alpha value is -2.66. The van der Waals surface area contributed by atoms with Crippen LogP contribution in [0.1, 0.15) is 25.8 Å². The summed E-state index contributed by atoms with van der Waals surface area (Å²) in [5.41, 5.74) is 0.796. The van der Waals surface area contributed by atoms with Gasteiger partial charge in [0, 0.05) is 38.5 Å². The van der Waals surface area contributed by atoms with Gasteiger partial charge in [0.25, 0.3) is 0 Å². The zero-order valence-corrected chi connectivity index (χ0v) is 20.3. The van der Waals surface area contributed by atoms with Crippen LogP contribution in [0.4, 0.5) is 4.79 Å².